The lowest BCUT2D eigenvalue weighted by atomic mass is 9.96. The highest BCUT2D eigenvalue weighted by Gasteiger charge is 2.19. The fraction of sp³-hybridized carbons (Fsp3) is 0.500. The molecule has 0 radical (unpaired) electrons. The van der Waals surface area contributed by atoms with Gasteiger partial charge < -0.3 is 9.84 Å². The summed E-state index contributed by atoms with van der Waals surface area (Å²) in [6.45, 7) is 9.13. The van der Waals surface area contributed by atoms with Crippen LogP contribution in [-0.2, 0) is 9.53 Å². The van der Waals surface area contributed by atoms with Crippen LogP contribution in [0.3, 0.4) is 0 Å². The van der Waals surface area contributed by atoms with Crippen LogP contribution in [0.15, 0.2) is 12.1 Å². The third-order valence-corrected chi connectivity index (χ3v) is 2.72. The summed E-state index contributed by atoms with van der Waals surface area (Å²) in [5, 5.41) is 9.68. The Hall–Kier alpha value is -1.51. The van der Waals surface area contributed by atoms with Gasteiger partial charge >= 0.3 is 5.97 Å². The molecule has 1 atom stereocenters. The molecule has 0 bridgehead atoms. The number of carbonyl (C=O) groups excluding carboxylic acids is 1. The Morgan fingerprint density at radius 2 is 1.65 bits per heavy atom. The number of esters is 1. The summed E-state index contributed by atoms with van der Waals surface area (Å²) in [6.07, 6.45) is -0.107. The van der Waals surface area contributed by atoms with Crippen molar-refractivity contribution in [2.75, 3.05) is 0 Å². The fourth-order valence-electron chi connectivity index (χ4n) is 1.71. The van der Waals surface area contributed by atoms with Crippen molar-refractivity contribution >= 4 is 5.97 Å². The van der Waals surface area contributed by atoms with Crippen LogP contribution in [0.5, 0.6) is 5.75 Å². The van der Waals surface area contributed by atoms with Gasteiger partial charge in [-0.2, -0.15) is 0 Å². The molecule has 0 spiro atoms. The minimum atomic E-state index is -0.310. The van der Waals surface area contributed by atoms with E-state index in [0.29, 0.717) is 0 Å². The second kappa shape index (κ2) is 5.21. The molecule has 1 rings (SSSR count). The van der Waals surface area contributed by atoms with Gasteiger partial charge in [0.2, 0.25) is 0 Å². The molecule has 1 aromatic rings. The van der Waals surface area contributed by atoms with Crippen molar-refractivity contribution < 1.29 is 14.6 Å². The van der Waals surface area contributed by atoms with Gasteiger partial charge in [0, 0.05) is 0 Å². The third-order valence-electron chi connectivity index (χ3n) is 2.72. The van der Waals surface area contributed by atoms with Crippen molar-refractivity contribution in [2.45, 2.75) is 46.6 Å². The summed E-state index contributed by atoms with van der Waals surface area (Å²) in [4.78, 5) is 11.8. The zero-order valence-corrected chi connectivity index (χ0v) is 11.1. The zero-order chi connectivity index (χ0) is 13.2. The first-order valence-electron chi connectivity index (χ1n) is 5.83. The monoisotopic (exact) mass is 236 g/mol. The molecule has 1 aromatic carbocycles. The first kappa shape index (κ1) is 13.6. The molecule has 0 saturated heterocycles. The smallest absolute Gasteiger partial charge is 0.313 e. The Bertz CT molecular complexity index is 398. The Morgan fingerprint density at radius 3 is 2.06 bits per heavy atom. The molecular weight excluding hydrogens is 216 g/mol. The summed E-state index contributed by atoms with van der Waals surface area (Å²) in [5.41, 5.74) is 2.44. The highest BCUT2D eigenvalue weighted by atomic mass is 16.5. The molecule has 94 valence electrons. The molecule has 0 aliphatic heterocycles. The molecule has 0 heterocycles. The summed E-state index contributed by atoms with van der Waals surface area (Å²) < 4.78 is 5.17. The molecule has 0 aliphatic carbocycles. The van der Waals surface area contributed by atoms with E-state index in [-0.39, 0.29) is 23.7 Å². The number of aryl methyl sites for hydroxylation is 2. The van der Waals surface area contributed by atoms with Gasteiger partial charge in [0.15, 0.2) is 0 Å². The van der Waals surface area contributed by atoms with Gasteiger partial charge in [0.05, 0.1) is 12.0 Å². The van der Waals surface area contributed by atoms with E-state index < -0.39 is 0 Å². The van der Waals surface area contributed by atoms with Crippen LogP contribution in [-0.4, -0.2) is 17.2 Å². The minimum absolute atomic E-state index is 0.107. The van der Waals surface area contributed by atoms with Gasteiger partial charge in [0.25, 0.3) is 0 Å². The summed E-state index contributed by atoms with van der Waals surface area (Å²) >= 11 is 0. The summed E-state index contributed by atoms with van der Waals surface area (Å²) in [6, 6.07) is 3.66. The van der Waals surface area contributed by atoms with Gasteiger partial charge in [-0.3, -0.25) is 4.79 Å². The maximum absolute atomic E-state index is 11.8. The molecule has 0 amide bonds. The molecule has 3 nitrogen and oxygen atoms in total. The van der Waals surface area contributed by atoms with Crippen LogP contribution in [0.25, 0.3) is 0 Å². The quantitative estimate of drug-likeness (QED) is 0.820. The van der Waals surface area contributed by atoms with Gasteiger partial charge in [0.1, 0.15) is 5.75 Å². The van der Waals surface area contributed by atoms with Crippen LogP contribution in [0.2, 0.25) is 0 Å². The highest BCUT2D eigenvalue weighted by Crippen LogP contribution is 2.27. The molecular formula is C14H20O3. The second-order valence-corrected chi connectivity index (χ2v) is 4.71. The number of hydrogen-bond donors (Lipinski definition) is 1. The number of benzene rings is 1. The predicted molar refractivity (Wildman–Crippen MR) is 67.2 cm³/mol. The van der Waals surface area contributed by atoms with E-state index in [0.717, 1.165) is 16.7 Å². The number of rotatable bonds is 3. The number of hydrogen-bond acceptors (Lipinski definition) is 3. The van der Waals surface area contributed by atoms with E-state index >= 15 is 0 Å². The van der Waals surface area contributed by atoms with Gasteiger partial charge in [-0.15, -0.1) is 0 Å². The first-order chi connectivity index (χ1) is 7.82. The zero-order valence-electron chi connectivity index (χ0n) is 11.1. The van der Waals surface area contributed by atoms with E-state index in [1.54, 1.807) is 0 Å². The lowest BCUT2D eigenvalue weighted by Gasteiger charge is -2.16. The van der Waals surface area contributed by atoms with E-state index in [2.05, 4.69) is 0 Å². The van der Waals surface area contributed by atoms with E-state index in [1.807, 2.05) is 46.8 Å². The average Bonchev–Trinajstić information content (AvgIpc) is 2.23. The number of ether oxygens (including phenoxy) is 1. The van der Waals surface area contributed by atoms with Crippen LogP contribution in [0.4, 0.5) is 0 Å². The topological polar surface area (TPSA) is 46.5 Å². The highest BCUT2D eigenvalue weighted by molar-refractivity contribution is 5.78. The normalized spacial score (nSPS) is 12.6. The maximum Gasteiger partial charge on any atom is 0.313 e. The standard InChI is InChI=1S/C14H20O3/c1-8(2)17-14(16)11(5)12-6-9(3)13(15)10(4)7-12/h6-8,11,15H,1-5H3. The van der Waals surface area contributed by atoms with Crippen molar-refractivity contribution in [3.63, 3.8) is 0 Å². The van der Waals surface area contributed by atoms with Crippen molar-refractivity contribution in [1.29, 1.82) is 0 Å². The van der Waals surface area contributed by atoms with Crippen LogP contribution < -0.4 is 0 Å². The number of phenolic OH excluding ortho intramolecular Hbond substituents is 1. The predicted octanol–water partition coefficient (Wildman–Crippen LogP) is 3.06. The van der Waals surface area contributed by atoms with E-state index in [9.17, 15) is 9.90 Å². The van der Waals surface area contributed by atoms with Gasteiger partial charge in [-0.05, 0) is 51.3 Å². The van der Waals surface area contributed by atoms with Crippen molar-refractivity contribution in [2.24, 2.45) is 0 Å². The average molecular weight is 236 g/mol. The first-order valence-corrected chi connectivity index (χ1v) is 5.83. The maximum atomic E-state index is 11.8. The lowest BCUT2D eigenvalue weighted by molar-refractivity contribution is -0.148. The largest absolute Gasteiger partial charge is 0.507 e. The summed E-state index contributed by atoms with van der Waals surface area (Å²) in [7, 11) is 0. The number of aromatic hydroxyl groups is 1. The SMILES string of the molecule is Cc1cc(C(C)C(=O)OC(C)C)cc(C)c1O. The third kappa shape index (κ3) is 3.22. The van der Waals surface area contributed by atoms with Crippen LogP contribution in [0, 0.1) is 13.8 Å². The molecule has 1 unspecified atom stereocenters. The second-order valence-electron chi connectivity index (χ2n) is 4.71. The van der Waals surface area contributed by atoms with E-state index in [4.69, 9.17) is 4.74 Å². The summed E-state index contributed by atoms with van der Waals surface area (Å²) in [5.74, 6) is -0.252. The van der Waals surface area contributed by atoms with Gasteiger partial charge in [-0.25, -0.2) is 0 Å². The number of phenols is 1. The molecule has 3 heteroatoms. The van der Waals surface area contributed by atoms with Crippen molar-refractivity contribution in [3.05, 3.63) is 28.8 Å². The van der Waals surface area contributed by atoms with Crippen LogP contribution >= 0.6 is 0 Å². The number of carbonyl (C=O) groups is 1. The minimum Gasteiger partial charge on any atom is -0.507 e. The Labute approximate surface area is 102 Å². The van der Waals surface area contributed by atoms with Crippen molar-refractivity contribution in [3.8, 4) is 5.75 Å². The van der Waals surface area contributed by atoms with E-state index in [1.165, 1.54) is 0 Å². The molecule has 0 fully saturated rings. The Kier molecular flexibility index (Phi) is 4.16. The van der Waals surface area contributed by atoms with Gasteiger partial charge in [-0.1, -0.05) is 12.1 Å². The van der Waals surface area contributed by atoms with Crippen LogP contribution in [0.1, 0.15) is 43.4 Å². The van der Waals surface area contributed by atoms with Crippen molar-refractivity contribution in [1.82, 2.24) is 0 Å². The lowest BCUT2D eigenvalue weighted by Crippen LogP contribution is -2.17. The molecule has 0 aliphatic rings. The molecule has 17 heavy (non-hydrogen) atoms. The fourth-order valence-corrected chi connectivity index (χ4v) is 1.71. The molecule has 0 saturated carbocycles. The molecule has 1 N–H and O–H groups in total. The Morgan fingerprint density at radius 1 is 1.18 bits per heavy atom. The molecule has 0 aromatic heterocycles. The Balaban J connectivity index is 2.97.